The Morgan fingerprint density at radius 1 is 1.36 bits per heavy atom. The van der Waals surface area contributed by atoms with Crippen LogP contribution in [0.15, 0.2) is 0 Å². The average molecular weight is 398 g/mol. The minimum absolute atomic E-state index is 0.0264. The number of hydrogen-bond acceptors (Lipinski definition) is 4. The van der Waals surface area contributed by atoms with Gasteiger partial charge in [-0.2, -0.15) is 0 Å². The van der Waals surface area contributed by atoms with E-state index in [0.717, 1.165) is 0 Å². The summed E-state index contributed by atoms with van der Waals surface area (Å²) in [4.78, 5) is 21.5. The van der Waals surface area contributed by atoms with Crippen molar-refractivity contribution in [1.82, 2.24) is 4.98 Å². The summed E-state index contributed by atoms with van der Waals surface area (Å²) in [5, 5.41) is 8.89. The zero-order valence-electron chi connectivity index (χ0n) is 14.8. The van der Waals surface area contributed by atoms with Crippen LogP contribution in [0.5, 0.6) is 0 Å². The van der Waals surface area contributed by atoms with Gasteiger partial charge in [0.1, 0.15) is 11.6 Å². The maximum Gasteiger partial charge on any atom is 0.303 e. The first kappa shape index (κ1) is 18.8. The molecule has 0 amide bonds. The van der Waals surface area contributed by atoms with Crippen LogP contribution in [0.3, 0.4) is 0 Å². The van der Waals surface area contributed by atoms with Gasteiger partial charge < -0.3 is 14.9 Å². The number of aliphatic carboxylic acids is 1. The van der Waals surface area contributed by atoms with E-state index in [9.17, 15) is 22.4 Å². The molecule has 0 radical (unpaired) electrons. The predicted molar refractivity (Wildman–Crippen MR) is 92.4 cm³/mol. The lowest BCUT2D eigenvalue weighted by Crippen LogP contribution is -2.53. The molecule has 1 aromatic heterocycles. The third kappa shape index (κ3) is 2.84. The number of halogens is 4. The van der Waals surface area contributed by atoms with Crippen LogP contribution in [0.2, 0.25) is 0 Å². The van der Waals surface area contributed by atoms with E-state index >= 15 is 0 Å². The Balaban J connectivity index is 1.76. The van der Waals surface area contributed by atoms with Gasteiger partial charge in [0.2, 0.25) is 5.69 Å². The highest BCUT2D eigenvalue weighted by molar-refractivity contribution is 5.80. The van der Waals surface area contributed by atoms with Crippen molar-refractivity contribution in [3.05, 3.63) is 22.5 Å². The van der Waals surface area contributed by atoms with Crippen molar-refractivity contribution in [3.8, 4) is 0 Å². The van der Waals surface area contributed by atoms with E-state index in [1.165, 1.54) is 4.90 Å². The molecule has 2 fully saturated rings. The number of rotatable bonds is 5. The molecule has 28 heavy (non-hydrogen) atoms. The Labute approximate surface area is 158 Å². The first-order chi connectivity index (χ1) is 13.2. The van der Waals surface area contributed by atoms with Crippen LogP contribution in [0.4, 0.5) is 34.9 Å². The summed E-state index contributed by atoms with van der Waals surface area (Å²) in [6.07, 6.45) is -2.87. The fraction of sp³-hybridized carbons (Fsp3) is 0.611. The van der Waals surface area contributed by atoms with Crippen LogP contribution in [0, 0.1) is 12.5 Å². The highest BCUT2D eigenvalue weighted by atomic mass is 19.3. The fourth-order valence-electron chi connectivity index (χ4n) is 4.24. The van der Waals surface area contributed by atoms with Gasteiger partial charge in [-0.3, -0.25) is 4.79 Å². The largest absolute Gasteiger partial charge is 0.481 e. The van der Waals surface area contributed by atoms with Crippen LogP contribution in [-0.2, 0) is 17.1 Å². The molecule has 0 saturated carbocycles. The molecule has 10 heteroatoms. The van der Waals surface area contributed by atoms with Crippen molar-refractivity contribution < 1.29 is 27.5 Å². The monoisotopic (exact) mass is 398 g/mol. The molecule has 2 saturated heterocycles. The summed E-state index contributed by atoms with van der Waals surface area (Å²) in [7, 11) is 0. The lowest BCUT2D eigenvalue weighted by Gasteiger charge is -2.44. The molecule has 6 nitrogen and oxygen atoms in total. The molecule has 1 atom stereocenters. The minimum Gasteiger partial charge on any atom is -0.481 e. The molecule has 4 rings (SSSR count). The standard InChI is InChI=1S/C18H18F4N4O2/c1-23-14-13-10(2-4-18(13,21)22)16(25-7-9(8-25)6-12(27)28)24-17(14)26-5-3-11(26)15(19)20/h9,11,15H,2-8H2,(H,27,28)/t11-/m0/s1. The van der Waals surface area contributed by atoms with Crippen molar-refractivity contribution in [2.75, 3.05) is 29.4 Å². The molecular weight excluding hydrogens is 380 g/mol. The van der Waals surface area contributed by atoms with Crippen molar-refractivity contribution in [2.24, 2.45) is 5.92 Å². The summed E-state index contributed by atoms with van der Waals surface area (Å²) in [5.41, 5.74) is -0.457. The zero-order valence-corrected chi connectivity index (χ0v) is 14.8. The van der Waals surface area contributed by atoms with Crippen molar-refractivity contribution in [2.45, 2.75) is 44.1 Å². The van der Waals surface area contributed by atoms with Crippen LogP contribution >= 0.6 is 0 Å². The predicted octanol–water partition coefficient (Wildman–Crippen LogP) is 3.43. The molecule has 0 aromatic carbocycles. The highest BCUT2D eigenvalue weighted by Gasteiger charge is 2.48. The summed E-state index contributed by atoms with van der Waals surface area (Å²) >= 11 is 0. The lowest BCUT2D eigenvalue weighted by molar-refractivity contribution is -0.138. The van der Waals surface area contributed by atoms with Gasteiger partial charge in [-0.1, -0.05) is 0 Å². The van der Waals surface area contributed by atoms with Gasteiger partial charge in [-0.15, -0.1) is 0 Å². The SMILES string of the molecule is [C-]#[N+]c1c(N2CC[C@H]2C(F)F)nc(N2CC(CC(=O)O)C2)c2c1C(F)(F)CC2. The van der Waals surface area contributed by atoms with E-state index in [-0.39, 0.29) is 54.6 Å². The second kappa shape index (κ2) is 6.50. The normalized spacial score (nSPS) is 23.2. The number of fused-ring (bicyclic) bond motifs is 1. The third-order valence-corrected chi connectivity index (χ3v) is 5.75. The maximum atomic E-state index is 14.6. The van der Waals surface area contributed by atoms with E-state index in [2.05, 4.69) is 9.83 Å². The number of carbonyl (C=O) groups is 1. The number of carboxylic acid groups (broad SMARTS) is 1. The number of carboxylic acids is 1. The van der Waals surface area contributed by atoms with Gasteiger partial charge in [-0.05, 0) is 18.4 Å². The van der Waals surface area contributed by atoms with Gasteiger partial charge >= 0.3 is 5.97 Å². The van der Waals surface area contributed by atoms with Gasteiger partial charge in [-0.25, -0.2) is 27.4 Å². The lowest BCUT2D eigenvalue weighted by atomic mass is 9.95. The van der Waals surface area contributed by atoms with Crippen molar-refractivity contribution in [3.63, 3.8) is 0 Å². The Hall–Kier alpha value is -2.57. The second-order valence-corrected chi connectivity index (χ2v) is 7.53. The summed E-state index contributed by atoms with van der Waals surface area (Å²) in [6.45, 7) is 8.34. The number of alkyl halides is 4. The number of hydrogen-bond donors (Lipinski definition) is 1. The third-order valence-electron chi connectivity index (χ3n) is 5.75. The first-order valence-corrected chi connectivity index (χ1v) is 9.07. The number of anilines is 2. The van der Waals surface area contributed by atoms with Crippen LogP contribution in [0.25, 0.3) is 4.85 Å². The fourth-order valence-corrected chi connectivity index (χ4v) is 4.24. The minimum atomic E-state index is -3.21. The van der Waals surface area contributed by atoms with Crippen molar-refractivity contribution in [1.29, 1.82) is 0 Å². The van der Waals surface area contributed by atoms with E-state index in [1.807, 2.05) is 0 Å². The topological polar surface area (TPSA) is 61.0 Å². The molecule has 0 unspecified atom stereocenters. The Morgan fingerprint density at radius 3 is 2.61 bits per heavy atom. The highest BCUT2D eigenvalue weighted by Crippen LogP contribution is 2.53. The van der Waals surface area contributed by atoms with E-state index in [0.29, 0.717) is 13.1 Å². The molecule has 150 valence electrons. The Bertz CT molecular complexity index is 864. The van der Waals surface area contributed by atoms with Crippen LogP contribution in [-0.4, -0.2) is 48.2 Å². The molecule has 3 heterocycles. The van der Waals surface area contributed by atoms with Gasteiger partial charge in [0.25, 0.3) is 12.3 Å². The van der Waals surface area contributed by atoms with Gasteiger partial charge in [0.05, 0.1) is 19.0 Å². The number of nitrogens with zero attached hydrogens (tertiary/aromatic N) is 4. The van der Waals surface area contributed by atoms with Crippen molar-refractivity contribution >= 4 is 23.3 Å². The average Bonchev–Trinajstić information content (AvgIpc) is 2.84. The molecule has 3 aliphatic rings. The van der Waals surface area contributed by atoms with E-state index < -0.39 is 36.3 Å². The zero-order chi connectivity index (χ0) is 20.2. The number of pyridine rings is 1. The summed E-state index contributed by atoms with van der Waals surface area (Å²) in [5.74, 6) is -4.09. The Morgan fingerprint density at radius 2 is 2.07 bits per heavy atom. The summed E-state index contributed by atoms with van der Waals surface area (Å²) in [6, 6.07) is -1.13. The van der Waals surface area contributed by atoms with Gasteiger partial charge in [0.15, 0.2) is 0 Å². The molecule has 1 N–H and O–H groups in total. The maximum absolute atomic E-state index is 14.6. The Kier molecular flexibility index (Phi) is 4.36. The van der Waals surface area contributed by atoms with E-state index in [4.69, 9.17) is 11.7 Å². The molecule has 2 aliphatic heterocycles. The molecule has 0 bridgehead atoms. The molecule has 1 aromatic rings. The smallest absolute Gasteiger partial charge is 0.303 e. The van der Waals surface area contributed by atoms with Crippen LogP contribution in [0.1, 0.15) is 30.4 Å². The number of aromatic nitrogens is 1. The first-order valence-electron chi connectivity index (χ1n) is 9.07. The van der Waals surface area contributed by atoms with E-state index in [1.54, 1.807) is 4.90 Å². The quantitative estimate of drug-likeness (QED) is 0.608. The molecule has 1 aliphatic carbocycles. The van der Waals surface area contributed by atoms with Gasteiger partial charge in [0, 0.05) is 37.5 Å². The summed E-state index contributed by atoms with van der Waals surface area (Å²) < 4.78 is 55.6. The molecular formula is C18H18F4N4O2. The second-order valence-electron chi connectivity index (χ2n) is 7.53. The molecule has 0 spiro atoms. The van der Waals surface area contributed by atoms with Crippen LogP contribution < -0.4 is 9.80 Å².